The molecule has 0 unspecified atom stereocenters. The van der Waals surface area contributed by atoms with Crippen LogP contribution in [0.15, 0.2) is 54.6 Å². The maximum atomic E-state index is 13.2. The Labute approximate surface area is 156 Å². The SMILES string of the molecule is COc1ccc(-c2nn3c(Nc4ccc(F)cc4)cc(C)nc3c2C)cc1. The fourth-order valence-electron chi connectivity index (χ4n) is 3.04. The van der Waals surface area contributed by atoms with Crippen molar-refractivity contribution in [2.45, 2.75) is 13.8 Å². The lowest BCUT2D eigenvalue weighted by molar-refractivity contribution is 0.415. The van der Waals surface area contributed by atoms with Crippen molar-refractivity contribution in [3.05, 3.63) is 71.7 Å². The van der Waals surface area contributed by atoms with Crippen molar-refractivity contribution in [3.63, 3.8) is 0 Å². The summed E-state index contributed by atoms with van der Waals surface area (Å²) in [5.41, 5.74) is 5.28. The van der Waals surface area contributed by atoms with Crippen molar-refractivity contribution >= 4 is 17.2 Å². The van der Waals surface area contributed by atoms with Gasteiger partial charge in [-0.25, -0.2) is 9.37 Å². The standard InChI is InChI=1S/C21H19FN4O/c1-13-12-19(24-17-8-6-16(22)7-9-17)26-21(23-13)14(2)20(25-26)15-4-10-18(27-3)11-5-15/h4-12,24H,1-3H3. The van der Waals surface area contributed by atoms with Crippen molar-refractivity contribution in [2.75, 3.05) is 12.4 Å². The Kier molecular flexibility index (Phi) is 4.24. The predicted molar refractivity (Wildman–Crippen MR) is 104 cm³/mol. The van der Waals surface area contributed by atoms with E-state index >= 15 is 0 Å². The molecule has 0 spiro atoms. The molecule has 27 heavy (non-hydrogen) atoms. The molecule has 2 aromatic carbocycles. The Morgan fingerprint density at radius 2 is 1.70 bits per heavy atom. The van der Waals surface area contributed by atoms with Crippen LogP contribution in [0, 0.1) is 19.7 Å². The highest BCUT2D eigenvalue weighted by atomic mass is 19.1. The van der Waals surface area contributed by atoms with Crippen LogP contribution in [0.4, 0.5) is 15.9 Å². The largest absolute Gasteiger partial charge is 0.497 e. The topological polar surface area (TPSA) is 51.5 Å². The van der Waals surface area contributed by atoms with Crippen LogP contribution in [0.3, 0.4) is 0 Å². The minimum atomic E-state index is -0.270. The van der Waals surface area contributed by atoms with Gasteiger partial charge < -0.3 is 10.1 Å². The average Bonchev–Trinajstić information content (AvgIpc) is 3.00. The van der Waals surface area contributed by atoms with Gasteiger partial charge in [-0.15, -0.1) is 0 Å². The summed E-state index contributed by atoms with van der Waals surface area (Å²) >= 11 is 0. The zero-order chi connectivity index (χ0) is 19.0. The van der Waals surface area contributed by atoms with Gasteiger partial charge in [0.25, 0.3) is 0 Å². The van der Waals surface area contributed by atoms with Crippen LogP contribution in [0.5, 0.6) is 5.75 Å². The fourth-order valence-corrected chi connectivity index (χ4v) is 3.04. The lowest BCUT2D eigenvalue weighted by Gasteiger charge is -2.09. The van der Waals surface area contributed by atoms with Gasteiger partial charge in [0.1, 0.15) is 17.4 Å². The predicted octanol–water partition coefficient (Wildman–Crippen LogP) is 4.90. The van der Waals surface area contributed by atoms with Gasteiger partial charge in [-0.1, -0.05) is 0 Å². The molecule has 0 saturated heterocycles. The Balaban J connectivity index is 1.81. The maximum Gasteiger partial charge on any atom is 0.161 e. The van der Waals surface area contributed by atoms with Crippen molar-refractivity contribution in [1.82, 2.24) is 14.6 Å². The molecule has 0 amide bonds. The summed E-state index contributed by atoms with van der Waals surface area (Å²) in [6.07, 6.45) is 0. The van der Waals surface area contributed by atoms with E-state index in [2.05, 4.69) is 10.3 Å². The second-order valence-corrected chi connectivity index (χ2v) is 6.35. The van der Waals surface area contributed by atoms with Crippen molar-refractivity contribution in [3.8, 4) is 17.0 Å². The van der Waals surface area contributed by atoms with E-state index in [4.69, 9.17) is 9.84 Å². The third kappa shape index (κ3) is 3.21. The highest BCUT2D eigenvalue weighted by Gasteiger charge is 2.15. The molecule has 136 valence electrons. The molecule has 0 aliphatic rings. The first-order valence-electron chi connectivity index (χ1n) is 8.59. The Morgan fingerprint density at radius 3 is 2.37 bits per heavy atom. The number of anilines is 2. The van der Waals surface area contributed by atoms with Crippen LogP contribution < -0.4 is 10.1 Å². The molecule has 2 heterocycles. The van der Waals surface area contributed by atoms with Gasteiger partial charge in [0, 0.05) is 28.6 Å². The normalized spacial score (nSPS) is 11.0. The first-order valence-corrected chi connectivity index (χ1v) is 8.59. The lowest BCUT2D eigenvalue weighted by atomic mass is 10.1. The highest BCUT2D eigenvalue weighted by Crippen LogP contribution is 2.29. The number of benzene rings is 2. The molecule has 4 aromatic rings. The Bertz CT molecular complexity index is 1100. The van der Waals surface area contributed by atoms with Gasteiger partial charge in [-0.3, -0.25) is 0 Å². The molecule has 0 aliphatic heterocycles. The summed E-state index contributed by atoms with van der Waals surface area (Å²) in [6.45, 7) is 3.95. The Morgan fingerprint density at radius 1 is 1.00 bits per heavy atom. The number of methoxy groups -OCH3 is 1. The zero-order valence-electron chi connectivity index (χ0n) is 15.3. The van der Waals surface area contributed by atoms with Gasteiger partial charge in [0.05, 0.1) is 12.8 Å². The molecule has 5 nitrogen and oxygen atoms in total. The summed E-state index contributed by atoms with van der Waals surface area (Å²) in [6, 6.07) is 15.9. The smallest absolute Gasteiger partial charge is 0.161 e. The second kappa shape index (κ2) is 6.72. The van der Waals surface area contributed by atoms with E-state index in [1.165, 1.54) is 12.1 Å². The Hall–Kier alpha value is -3.41. The van der Waals surface area contributed by atoms with E-state index in [0.717, 1.165) is 45.4 Å². The van der Waals surface area contributed by atoms with Gasteiger partial charge in [-0.2, -0.15) is 9.61 Å². The second-order valence-electron chi connectivity index (χ2n) is 6.35. The molecule has 0 radical (unpaired) electrons. The number of aryl methyl sites for hydroxylation is 2. The third-order valence-electron chi connectivity index (χ3n) is 4.43. The van der Waals surface area contributed by atoms with Crippen molar-refractivity contribution in [2.24, 2.45) is 0 Å². The number of fused-ring (bicyclic) bond motifs is 1. The van der Waals surface area contributed by atoms with Gasteiger partial charge in [-0.05, 0) is 62.4 Å². The molecule has 4 rings (SSSR count). The molecule has 0 atom stereocenters. The summed E-state index contributed by atoms with van der Waals surface area (Å²) in [5.74, 6) is 1.30. The van der Waals surface area contributed by atoms with Crippen LogP contribution in [0.1, 0.15) is 11.3 Å². The van der Waals surface area contributed by atoms with Crippen LogP contribution in [0.2, 0.25) is 0 Å². The molecule has 2 aromatic heterocycles. The monoisotopic (exact) mass is 362 g/mol. The molecular weight excluding hydrogens is 343 g/mol. The fraction of sp³-hybridized carbons (Fsp3) is 0.143. The number of nitrogens with one attached hydrogen (secondary N) is 1. The summed E-state index contributed by atoms with van der Waals surface area (Å²) in [5, 5.41) is 8.07. The first kappa shape index (κ1) is 17.0. The van der Waals surface area contributed by atoms with Crippen molar-refractivity contribution < 1.29 is 9.13 Å². The number of rotatable bonds is 4. The van der Waals surface area contributed by atoms with E-state index < -0.39 is 0 Å². The lowest BCUT2D eigenvalue weighted by Crippen LogP contribution is -2.02. The summed E-state index contributed by atoms with van der Waals surface area (Å²) in [7, 11) is 1.64. The van der Waals surface area contributed by atoms with Gasteiger partial charge >= 0.3 is 0 Å². The van der Waals surface area contributed by atoms with Crippen molar-refractivity contribution in [1.29, 1.82) is 0 Å². The van der Waals surface area contributed by atoms with E-state index in [1.807, 2.05) is 44.2 Å². The van der Waals surface area contributed by atoms with E-state index in [1.54, 1.807) is 23.8 Å². The maximum absolute atomic E-state index is 13.2. The number of hydrogen-bond acceptors (Lipinski definition) is 4. The van der Waals surface area contributed by atoms with Crippen LogP contribution >= 0.6 is 0 Å². The molecule has 0 fully saturated rings. The molecule has 0 bridgehead atoms. The van der Waals surface area contributed by atoms with Gasteiger partial charge in [0.15, 0.2) is 5.65 Å². The first-order chi connectivity index (χ1) is 13.0. The third-order valence-corrected chi connectivity index (χ3v) is 4.43. The van der Waals surface area contributed by atoms with E-state index in [0.29, 0.717) is 0 Å². The van der Waals surface area contributed by atoms with E-state index in [-0.39, 0.29) is 5.82 Å². The molecular formula is C21H19FN4O. The quantitative estimate of drug-likeness (QED) is 0.561. The summed E-state index contributed by atoms with van der Waals surface area (Å²) in [4.78, 5) is 4.65. The van der Waals surface area contributed by atoms with Crippen LogP contribution in [-0.4, -0.2) is 21.7 Å². The zero-order valence-corrected chi connectivity index (χ0v) is 15.3. The van der Waals surface area contributed by atoms with E-state index in [9.17, 15) is 4.39 Å². The highest BCUT2D eigenvalue weighted by molar-refractivity contribution is 5.73. The van der Waals surface area contributed by atoms with Crippen LogP contribution in [0.25, 0.3) is 16.9 Å². The number of halogens is 1. The number of hydrogen-bond donors (Lipinski definition) is 1. The molecule has 6 heteroatoms. The molecule has 1 N–H and O–H groups in total. The minimum absolute atomic E-state index is 0.270. The van der Waals surface area contributed by atoms with Gasteiger partial charge in [0.2, 0.25) is 0 Å². The summed E-state index contributed by atoms with van der Waals surface area (Å²) < 4.78 is 20.2. The number of nitrogens with zero attached hydrogens (tertiary/aromatic N) is 3. The number of ether oxygens (including phenoxy) is 1. The minimum Gasteiger partial charge on any atom is -0.497 e. The molecule has 0 saturated carbocycles. The van der Waals surface area contributed by atoms with Crippen LogP contribution in [-0.2, 0) is 0 Å². The number of aromatic nitrogens is 3. The molecule has 0 aliphatic carbocycles. The average molecular weight is 362 g/mol.